The van der Waals surface area contributed by atoms with Gasteiger partial charge in [0.05, 0.1) is 12.0 Å². The molecule has 0 aliphatic carbocycles. The van der Waals surface area contributed by atoms with Crippen LogP contribution in [0.4, 0.5) is 19.0 Å². The monoisotopic (exact) mass is 308 g/mol. The van der Waals surface area contributed by atoms with Crippen LogP contribution in [0.5, 0.6) is 0 Å². The van der Waals surface area contributed by atoms with Crippen LogP contribution in [0.3, 0.4) is 0 Å². The molecule has 0 saturated heterocycles. The Morgan fingerprint density at radius 1 is 1.50 bits per heavy atom. The predicted octanol–water partition coefficient (Wildman–Crippen LogP) is 2.41. The summed E-state index contributed by atoms with van der Waals surface area (Å²) in [4.78, 5) is 4.00. The Balaban J connectivity index is 2.23. The molecule has 1 unspecified atom stereocenters. The number of nitrogens with one attached hydrogen (secondary N) is 1. The number of fused-ring (bicyclic) bond motifs is 1. The van der Waals surface area contributed by atoms with Crippen LogP contribution in [0.1, 0.15) is 5.69 Å². The fraction of sp³-hybridized carbons (Fsp3) is 0.455. The van der Waals surface area contributed by atoms with Crippen LogP contribution in [0.15, 0.2) is 18.5 Å². The van der Waals surface area contributed by atoms with Crippen LogP contribution in [0.25, 0.3) is 5.52 Å². The lowest BCUT2D eigenvalue weighted by molar-refractivity contribution is -0.141. The number of aromatic nitrogens is 3. The van der Waals surface area contributed by atoms with E-state index in [1.165, 1.54) is 19.5 Å². The van der Waals surface area contributed by atoms with E-state index in [-0.39, 0.29) is 16.7 Å². The standard InChI is InChI=1S/C11H12ClF3N4O/c1-20-6-7(12)5-17-10-8-4-9(11(13,14)15)18-19(8)3-2-16-10/h2-4,7H,5-6H2,1H3,(H,16,17). The third-order valence-electron chi connectivity index (χ3n) is 2.52. The molecule has 0 aromatic carbocycles. The van der Waals surface area contributed by atoms with Crippen molar-refractivity contribution >= 4 is 22.9 Å². The summed E-state index contributed by atoms with van der Waals surface area (Å²) in [5, 5.41) is 6.03. The third-order valence-corrected chi connectivity index (χ3v) is 2.80. The summed E-state index contributed by atoms with van der Waals surface area (Å²) >= 11 is 5.94. The number of rotatable bonds is 5. The molecule has 9 heteroatoms. The first-order chi connectivity index (χ1) is 9.41. The minimum atomic E-state index is -4.49. The second kappa shape index (κ2) is 5.84. The highest BCUT2D eigenvalue weighted by molar-refractivity contribution is 6.21. The molecule has 0 spiro atoms. The second-order valence-electron chi connectivity index (χ2n) is 4.07. The Labute approximate surface area is 117 Å². The second-order valence-corrected chi connectivity index (χ2v) is 4.68. The minimum Gasteiger partial charge on any atom is -0.383 e. The molecule has 2 heterocycles. The van der Waals surface area contributed by atoms with Crippen molar-refractivity contribution in [3.63, 3.8) is 0 Å². The molecule has 2 rings (SSSR count). The number of halogens is 4. The van der Waals surface area contributed by atoms with Gasteiger partial charge in [0.1, 0.15) is 5.52 Å². The number of ether oxygens (including phenoxy) is 1. The van der Waals surface area contributed by atoms with Crippen molar-refractivity contribution in [1.82, 2.24) is 14.6 Å². The highest BCUT2D eigenvalue weighted by Crippen LogP contribution is 2.30. The molecule has 0 aliphatic rings. The van der Waals surface area contributed by atoms with E-state index < -0.39 is 11.9 Å². The number of anilines is 1. The van der Waals surface area contributed by atoms with Gasteiger partial charge >= 0.3 is 6.18 Å². The van der Waals surface area contributed by atoms with Crippen LogP contribution in [-0.4, -0.2) is 40.2 Å². The van der Waals surface area contributed by atoms with Gasteiger partial charge < -0.3 is 10.1 Å². The average Bonchev–Trinajstić information content (AvgIpc) is 2.81. The van der Waals surface area contributed by atoms with Crippen LogP contribution in [-0.2, 0) is 10.9 Å². The first-order valence-electron chi connectivity index (χ1n) is 5.70. The number of methoxy groups -OCH3 is 1. The average molecular weight is 309 g/mol. The molecule has 0 aliphatic heterocycles. The molecule has 1 N–H and O–H groups in total. The first kappa shape index (κ1) is 14.9. The fourth-order valence-electron chi connectivity index (χ4n) is 1.64. The molecule has 5 nitrogen and oxygen atoms in total. The Kier molecular flexibility index (Phi) is 4.34. The van der Waals surface area contributed by atoms with E-state index in [0.717, 1.165) is 10.6 Å². The van der Waals surface area contributed by atoms with Gasteiger partial charge in [0, 0.05) is 32.1 Å². The normalized spacial score (nSPS) is 13.7. The van der Waals surface area contributed by atoms with Crippen molar-refractivity contribution in [3.8, 4) is 0 Å². The Hall–Kier alpha value is -1.54. The minimum absolute atomic E-state index is 0.237. The van der Waals surface area contributed by atoms with E-state index >= 15 is 0 Å². The zero-order chi connectivity index (χ0) is 14.8. The lowest BCUT2D eigenvalue weighted by Crippen LogP contribution is -2.19. The summed E-state index contributed by atoms with van der Waals surface area (Å²) in [6.45, 7) is 0.638. The third kappa shape index (κ3) is 3.31. The van der Waals surface area contributed by atoms with E-state index in [0.29, 0.717) is 13.2 Å². The van der Waals surface area contributed by atoms with Gasteiger partial charge in [0.15, 0.2) is 11.5 Å². The van der Waals surface area contributed by atoms with Crippen LogP contribution >= 0.6 is 11.6 Å². The number of hydrogen-bond donors (Lipinski definition) is 1. The SMILES string of the molecule is COCC(Cl)CNc1nccn2nc(C(F)(F)F)cc12. The fourth-order valence-corrected chi connectivity index (χ4v) is 1.85. The number of hydrogen-bond acceptors (Lipinski definition) is 4. The molecule has 0 fully saturated rings. The first-order valence-corrected chi connectivity index (χ1v) is 6.14. The Morgan fingerprint density at radius 2 is 2.25 bits per heavy atom. The van der Waals surface area contributed by atoms with Crippen LogP contribution in [0, 0.1) is 0 Å². The molecule has 1 atom stereocenters. The molecule has 20 heavy (non-hydrogen) atoms. The summed E-state index contributed by atoms with van der Waals surface area (Å²) in [5.41, 5.74) is -0.728. The zero-order valence-corrected chi connectivity index (χ0v) is 11.2. The highest BCUT2D eigenvalue weighted by Gasteiger charge is 2.34. The molecule has 2 aromatic rings. The van der Waals surface area contributed by atoms with Crippen molar-refractivity contribution in [3.05, 3.63) is 24.2 Å². The topological polar surface area (TPSA) is 51.5 Å². The van der Waals surface area contributed by atoms with Gasteiger partial charge in [-0.05, 0) is 0 Å². The van der Waals surface area contributed by atoms with Gasteiger partial charge in [-0.1, -0.05) is 0 Å². The molecule has 2 aromatic heterocycles. The number of nitrogens with zero attached hydrogens (tertiary/aromatic N) is 3. The maximum Gasteiger partial charge on any atom is 0.435 e. The van der Waals surface area contributed by atoms with Crippen molar-refractivity contribution in [2.45, 2.75) is 11.6 Å². The summed E-state index contributed by atoms with van der Waals surface area (Å²) in [6.07, 6.45) is -1.78. The summed E-state index contributed by atoms with van der Waals surface area (Å²) in [7, 11) is 1.51. The van der Waals surface area contributed by atoms with E-state index in [1.54, 1.807) is 0 Å². The van der Waals surface area contributed by atoms with E-state index in [4.69, 9.17) is 16.3 Å². The molecular weight excluding hydrogens is 297 g/mol. The molecule has 0 amide bonds. The van der Waals surface area contributed by atoms with Gasteiger partial charge in [-0.25, -0.2) is 9.50 Å². The van der Waals surface area contributed by atoms with E-state index in [2.05, 4.69) is 15.4 Å². The Bertz CT molecular complexity index is 587. The molecule has 0 radical (unpaired) electrons. The van der Waals surface area contributed by atoms with Gasteiger partial charge in [-0.3, -0.25) is 0 Å². The van der Waals surface area contributed by atoms with Crippen molar-refractivity contribution in [1.29, 1.82) is 0 Å². The highest BCUT2D eigenvalue weighted by atomic mass is 35.5. The maximum atomic E-state index is 12.6. The molecular formula is C11H12ClF3N4O. The summed E-state index contributed by atoms with van der Waals surface area (Å²) in [5.74, 6) is 0.289. The molecule has 0 bridgehead atoms. The lowest BCUT2D eigenvalue weighted by atomic mass is 10.3. The van der Waals surface area contributed by atoms with Crippen molar-refractivity contribution < 1.29 is 17.9 Å². The maximum absolute atomic E-state index is 12.6. The molecule has 0 saturated carbocycles. The molecule has 110 valence electrons. The zero-order valence-electron chi connectivity index (χ0n) is 10.5. The lowest BCUT2D eigenvalue weighted by Gasteiger charge is -2.10. The summed E-state index contributed by atoms with van der Waals surface area (Å²) < 4.78 is 43.8. The van der Waals surface area contributed by atoms with E-state index in [1.807, 2.05) is 0 Å². The van der Waals surface area contributed by atoms with Gasteiger partial charge in [-0.2, -0.15) is 18.3 Å². The van der Waals surface area contributed by atoms with Crippen LogP contribution in [0.2, 0.25) is 0 Å². The van der Waals surface area contributed by atoms with Gasteiger partial charge in [-0.15, -0.1) is 11.6 Å². The Morgan fingerprint density at radius 3 is 2.90 bits per heavy atom. The smallest absolute Gasteiger partial charge is 0.383 e. The predicted molar refractivity (Wildman–Crippen MR) is 68.0 cm³/mol. The van der Waals surface area contributed by atoms with Crippen LogP contribution < -0.4 is 5.32 Å². The van der Waals surface area contributed by atoms with Crippen molar-refractivity contribution in [2.24, 2.45) is 0 Å². The quantitative estimate of drug-likeness (QED) is 0.862. The van der Waals surface area contributed by atoms with E-state index in [9.17, 15) is 13.2 Å². The van der Waals surface area contributed by atoms with Crippen molar-refractivity contribution in [2.75, 3.05) is 25.6 Å². The largest absolute Gasteiger partial charge is 0.435 e. The number of alkyl halides is 4. The van der Waals surface area contributed by atoms with Gasteiger partial charge in [0.2, 0.25) is 0 Å². The van der Waals surface area contributed by atoms with Gasteiger partial charge in [0.25, 0.3) is 0 Å². The summed E-state index contributed by atoms with van der Waals surface area (Å²) in [6, 6.07) is 0.939.